The first-order valence-electron chi connectivity index (χ1n) is 10.4. The number of aromatic carboxylic acids is 1. The zero-order valence-electron chi connectivity index (χ0n) is 17.2. The van der Waals surface area contributed by atoms with Crippen molar-refractivity contribution >= 4 is 5.97 Å². The fourth-order valence-corrected chi connectivity index (χ4v) is 6.16. The van der Waals surface area contributed by atoms with E-state index in [0.717, 1.165) is 38.7 Å². The summed E-state index contributed by atoms with van der Waals surface area (Å²) in [5.74, 6) is 0.0230. The molecule has 0 bridgehead atoms. The molecule has 158 valence electrons. The first kappa shape index (κ1) is 20.3. The summed E-state index contributed by atoms with van der Waals surface area (Å²) in [6.45, 7) is 10.9. The number of carbonyl (C=O) groups is 1. The lowest BCUT2D eigenvalue weighted by molar-refractivity contribution is -0.260. The number of allylic oxidation sites excluding steroid dienone is 1. The third-order valence-corrected chi connectivity index (χ3v) is 7.58. The molecule has 1 aromatic heterocycles. The number of ether oxygens (including phenoxy) is 3. The summed E-state index contributed by atoms with van der Waals surface area (Å²) in [5.41, 5.74) is 1.51. The molecule has 3 fully saturated rings. The summed E-state index contributed by atoms with van der Waals surface area (Å²) < 4.78 is 17.6. The number of nitrogens with zero attached hydrogens (tertiary/aromatic N) is 2. The van der Waals surface area contributed by atoms with E-state index in [0.29, 0.717) is 31.0 Å². The molecule has 7 heteroatoms. The van der Waals surface area contributed by atoms with Gasteiger partial charge in [0.05, 0.1) is 31.7 Å². The van der Waals surface area contributed by atoms with Crippen LogP contribution in [0, 0.1) is 22.7 Å². The minimum absolute atomic E-state index is 0.0472. The number of fused-ring (bicyclic) bond motifs is 3. The summed E-state index contributed by atoms with van der Waals surface area (Å²) in [4.78, 5) is 18.5. The van der Waals surface area contributed by atoms with Crippen molar-refractivity contribution in [3.63, 3.8) is 0 Å². The smallest absolute Gasteiger partial charge is 0.373 e. The topological polar surface area (TPSA) is 90.8 Å². The first-order chi connectivity index (χ1) is 13.8. The van der Waals surface area contributed by atoms with Crippen LogP contribution in [-0.4, -0.2) is 47.2 Å². The Kier molecular flexibility index (Phi) is 5.38. The molecule has 2 heterocycles. The van der Waals surface area contributed by atoms with Gasteiger partial charge in [-0.1, -0.05) is 26.0 Å². The van der Waals surface area contributed by atoms with Crippen molar-refractivity contribution in [2.45, 2.75) is 52.1 Å². The molecule has 0 radical (unpaired) electrons. The second-order valence-corrected chi connectivity index (χ2v) is 9.16. The van der Waals surface area contributed by atoms with Crippen molar-refractivity contribution in [1.29, 1.82) is 0 Å². The van der Waals surface area contributed by atoms with Crippen molar-refractivity contribution < 1.29 is 24.1 Å². The van der Waals surface area contributed by atoms with Crippen LogP contribution in [0.15, 0.2) is 24.5 Å². The zero-order valence-corrected chi connectivity index (χ0v) is 17.2. The van der Waals surface area contributed by atoms with E-state index in [-0.39, 0.29) is 22.8 Å². The Balaban J connectivity index is 1.45. The van der Waals surface area contributed by atoms with Gasteiger partial charge in [-0.25, -0.2) is 14.8 Å². The summed E-state index contributed by atoms with van der Waals surface area (Å²) >= 11 is 0. The van der Waals surface area contributed by atoms with Crippen LogP contribution >= 0.6 is 0 Å². The van der Waals surface area contributed by atoms with Crippen molar-refractivity contribution in [3.05, 3.63) is 30.4 Å². The molecule has 1 aromatic rings. The lowest BCUT2D eigenvalue weighted by Crippen LogP contribution is -2.60. The number of aromatic nitrogens is 2. The van der Waals surface area contributed by atoms with Crippen LogP contribution < -0.4 is 4.74 Å². The summed E-state index contributed by atoms with van der Waals surface area (Å²) in [6, 6.07) is 0. The molecule has 1 aliphatic heterocycles. The van der Waals surface area contributed by atoms with E-state index < -0.39 is 5.97 Å². The standard InChI is InChI=1S/C22H30N2O5/c1-14-4-5-17-21(2,8-6-18-22(17,3)12-27-13-29-18)16(14)7-9-28-15-10-23-19(20(25)26)24-11-15/h10-11,16-18H,1,4-9,12-13H2,2-3H3,(H,25,26)/t16?,17?,18?,21?,22-/m0/s1. The van der Waals surface area contributed by atoms with Crippen molar-refractivity contribution in [3.8, 4) is 5.75 Å². The van der Waals surface area contributed by atoms with Crippen LogP contribution in [-0.2, 0) is 9.47 Å². The summed E-state index contributed by atoms with van der Waals surface area (Å²) in [6.07, 6.45) is 8.33. The monoisotopic (exact) mass is 402 g/mol. The van der Waals surface area contributed by atoms with Crippen LogP contribution in [0.3, 0.4) is 0 Å². The quantitative estimate of drug-likeness (QED) is 0.751. The SMILES string of the molecule is C=C1CCC2C(C)(CCC3OCOC[C@]32C)C1CCOc1cnc(C(=O)O)nc1. The highest BCUT2D eigenvalue weighted by atomic mass is 16.7. The summed E-state index contributed by atoms with van der Waals surface area (Å²) in [5, 5.41) is 8.90. The molecule has 2 saturated carbocycles. The Morgan fingerprint density at radius 1 is 1.31 bits per heavy atom. The third-order valence-electron chi connectivity index (χ3n) is 7.58. The largest absolute Gasteiger partial charge is 0.490 e. The maximum absolute atomic E-state index is 10.9. The van der Waals surface area contributed by atoms with Crippen LogP contribution in [0.25, 0.3) is 0 Å². The molecule has 29 heavy (non-hydrogen) atoms. The van der Waals surface area contributed by atoms with E-state index in [1.54, 1.807) is 0 Å². The molecule has 4 unspecified atom stereocenters. The Bertz CT molecular complexity index is 782. The van der Waals surface area contributed by atoms with Gasteiger partial charge >= 0.3 is 5.97 Å². The van der Waals surface area contributed by atoms with Gasteiger partial charge in [0.2, 0.25) is 5.82 Å². The van der Waals surface area contributed by atoms with Gasteiger partial charge in [-0.3, -0.25) is 0 Å². The van der Waals surface area contributed by atoms with Gasteiger partial charge < -0.3 is 19.3 Å². The van der Waals surface area contributed by atoms with Crippen LogP contribution in [0.1, 0.15) is 56.6 Å². The molecule has 1 saturated heterocycles. The molecule has 0 spiro atoms. The lowest BCUT2D eigenvalue weighted by atomic mass is 9.46. The zero-order chi connectivity index (χ0) is 20.6. The fourth-order valence-electron chi connectivity index (χ4n) is 6.16. The van der Waals surface area contributed by atoms with E-state index in [9.17, 15) is 4.79 Å². The van der Waals surface area contributed by atoms with E-state index in [1.165, 1.54) is 18.0 Å². The van der Waals surface area contributed by atoms with Crippen LogP contribution in [0.5, 0.6) is 5.75 Å². The molecule has 3 aliphatic rings. The molecular weight excluding hydrogens is 372 g/mol. The highest BCUT2D eigenvalue weighted by Gasteiger charge is 2.59. The number of carboxylic acid groups (broad SMARTS) is 1. The highest BCUT2D eigenvalue weighted by molar-refractivity contribution is 5.82. The molecule has 5 atom stereocenters. The van der Waals surface area contributed by atoms with Gasteiger partial charge in [0.15, 0.2) is 5.75 Å². The normalized spacial score (nSPS) is 36.8. The molecule has 1 N–H and O–H groups in total. The maximum Gasteiger partial charge on any atom is 0.373 e. The van der Waals surface area contributed by atoms with Gasteiger partial charge in [-0.15, -0.1) is 0 Å². The number of hydrogen-bond donors (Lipinski definition) is 1. The highest BCUT2D eigenvalue weighted by Crippen LogP contribution is 2.62. The van der Waals surface area contributed by atoms with Gasteiger partial charge in [0.25, 0.3) is 0 Å². The Morgan fingerprint density at radius 3 is 2.79 bits per heavy atom. The van der Waals surface area contributed by atoms with Crippen molar-refractivity contribution in [1.82, 2.24) is 9.97 Å². The van der Waals surface area contributed by atoms with E-state index in [2.05, 4.69) is 30.4 Å². The molecule has 0 aromatic carbocycles. The van der Waals surface area contributed by atoms with E-state index in [1.807, 2.05) is 0 Å². The van der Waals surface area contributed by atoms with Crippen LogP contribution in [0.4, 0.5) is 0 Å². The van der Waals surface area contributed by atoms with Gasteiger partial charge in [-0.05, 0) is 49.4 Å². The van der Waals surface area contributed by atoms with Gasteiger partial charge in [0, 0.05) is 5.41 Å². The summed E-state index contributed by atoms with van der Waals surface area (Å²) in [7, 11) is 0. The molecular formula is C22H30N2O5. The molecule has 0 amide bonds. The molecule has 7 nitrogen and oxygen atoms in total. The number of hydrogen-bond acceptors (Lipinski definition) is 6. The Labute approximate surface area is 171 Å². The second-order valence-electron chi connectivity index (χ2n) is 9.16. The third kappa shape index (κ3) is 3.55. The average Bonchev–Trinajstić information content (AvgIpc) is 2.70. The number of rotatable bonds is 5. The Hall–Kier alpha value is -1.99. The number of carboxylic acids is 1. The van der Waals surface area contributed by atoms with E-state index >= 15 is 0 Å². The van der Waals surface area contributed by atoms with Gasteiger partial charge in [0.1, 0.15) is 6.79 Å². The minimum atomic E-state index is -1.14. The molecule has 2 aliphatic carbocycles. The lowest BCUT2D eigenvalue weighted by Gasteiger charge is -2.62. The minimum Gasteiger partial charge on any atom is -0.490 e. The van der Waals surface area contributed by atoms with Crippen molar-refractivity contribution in [2.75, 3.05) is 20.0 Å². The average molecular weight is 402 g/mol. The molecule has 4 rings (SSSR count). The van der Waals surface area contributed by atoms with E-state index in [4.69, 9.17) is 19.3 Å². The van der Waals surface area contributed by atoms with Crippen molar-refractivity contribution in [2.24, 2.45) is 22.7 Å². The second kappa shape index (κ2) is 7.69. The Morgan fingerprint density at radius 2 is 2.07 bits per heavy atom. The predicted octanol–water partition coefficient (Wildman–Crippen LogP) is 3.71. The first-order valence-corrected chi connectivity index (χ1v) is 10.4. The predicted molar refractivity (Wildman–Crippen MR) is 106 cm³/mol. The fraction of sp³-hybridized carbons (Fsp3) is 0.682. The maximum atomic E-state index is 10.9. The van der Waals surface area contributed by atoms with Crippen LogP contribution in [0.2, 0.25) is 0 Å². The van der Waals surface area contributed by atoms with Gasteiger partial charge in [-0.2, -0.15) is 0 Å².